The van der Waals surface area contributed by atoms with Crippen LogP contribution in [0.1, 0.15) is 58.4 Å². The highest BCUT2D eigenvalue weighted by atomic mass is 35.5. The summed E-state index contributed by atoms with van der Waals surface area (Å²) in [5, 5.41) is 16.8. The molecule has 62 heavy (non-hydrogen) atoms. The molecule has 0 spiro atoms. The molecule has 0 aliphatic heterocycles. The van der Waals surface area contributed by atoms with Crippen molar-refractivity contribution in [2.75, 3.05) is 14.2 Å². The van der Waals surface area contributed by atoms with Crippen LogP contribution in [0.2, 0.25) is 10.0 Å². The summed E-state index contributed by atoms with van der Waals surface area (Å²) < 4.78 is 140. The van der Waals surface area contributed by atoms with E-state index in [2.05, 4.69) is 45.9 Å². The molecule has 3 heterocycles. The van der Waals surface area contributed by atoms with E-state index in [1.165, 1.54) is 31.4 Å². The van der Waals surface area contributed by atoms with Crippen LogP contribution in [0, 0.1) is 12.3 Å². The summed E-state index contributed by atoms with van der Waals surface area (Å²) in [6.45, 7) is 0. The average Bonchev–Trinajstić information content (AvgIpc) is 3.92. The molecule has 0 fully saturated rings. The molecule has 0 amide bonds. The summed E-state index contributed by atoms with van der Waals surface area (Å²) in [5.41, 5.74) is 3.78. The normalized spacial score (nSPS) is 11.5. The third kappa shape index (κ3) is 10.1. The monoisotopic (exact) mass is 926 g/mol. The summed E-state index contributed by atoms with van der Waals surface area (Å²) >= 11 is 11.7. The van der Waals surface area contributed by atoms with E-state index in [4.69, 9.17) is 35.2 Å². The number of hydrogen-bond acceptors (Lipinski definition) is 11. The summed E-state index contributed by atoms with van der Waals surface area (Å²) in [4.78, 5) is 47.1. The fourth-order valence-corrected chi connectivity index (χ4v) is 5.17. The SMILES string of the molecule is C#Cc1ccc(Cl)c(C(=O)OC)c1.COC(=O)c1cc(-c2cn(-c3c(C=O)c(C(F)(F)C(F)(F)F)nn3C)nn2)ccc1Cl.Cn1nc(C(F)(F)C(F)(F)F)c(C=O)c1N=[N+]=[N-]. The van der Waals surface area contributed by atoms with Crippen molar-refractivity contribution in [3.63, 3.8) is 0 Å². The van der Waals surface area contributed by atoms with Gasteiger partial charge in [-0.3, -0.25) is 14.3 Å². The van der Waals surface area contributed by atoms with E-state index < -0.39 is 70.3 Å². The number of azide groups is 1. The topological polar surface area (TPSA) is 202 Å². The Balaban J connectivity index is 0.000000278. The zero-order valence-electron chi connectivity index (χ0n) is 31.2. The highest BCUT2D eigenvalue weighted by Gasteiger charge is 2.63. The number of nitrogens with zero attached hydrogens (tertiary/aromatic N) is 10. The second-order valence-electron chi connectivity index (χ2n) is 11.6. The Hall–Kier alpha value is -6.97. The molecule has 2 aromatic carbocycles. The van der Waals surface area contributed by atoms with Crippen LogP contribution in [0.5, 0.6) is 0 Å². The van der Waals surface area contributed by atoms with Crippen molar-refractivity contribution >= 4 is 53.5 Å². The van der Waals surface area contributed by atoms with Gasteiger partial charge in [0.2, 0.25) is 0 Å². The lowest BCUT2D eigenvalue weighted by Gasteiger charge is -2.17. The highest BCUT2D eigenvalue weighted by molar-refractivity contribution is 6.34. The molecule has 328 valence electrons. The molecule has 28 heteroatoms. The van der Waals surface area contributed by atoms with Crippen LogP contribution in [0.3, 0.4) is 0 Å². The van der Waals surface area contributed by atoms with Gasteiger partial charge in [0, 0.05) is 30.1 Å². The van der Waals surface area contributed by atoms with Gasteiger partial charge < -0.3 is 9.47 Å². The lowest BCUT2D eigenvalue weighted by atomic mass is 10.1. The van der Waals surface area contributed by atoms with Crippen molar-refractivity contribution in [2.45, 2.75) is 24.2 Å². The molecule has 0 aliphatic carbocycles. The first-order chi connectivity index (χ1) is 28.8. The number of hydrogen-bond donors (Lipinski definition) is 0. The summed E-state index contributed by atoms with van der Waals surface area (Å²) in [7, 11) is 4.48. The van der Waals surface area contributed by atoms with Gasteiger partial charge >= 0.3 is 36.1 Å². The van der Waals surface area contributed by atoms with Gasteiger partial charge in [-0.15, -0.1) is 11.5 Å². The van der Waals surface area contributed by atoms with E-state index in [1.54, 1.807) is 12.1 Å². The van der Waals surface area contributed by atoms with Gasteiger partial charge in [0.1, 0.15) is 11.5 Å². The number of aromatic nitrogens is 7. The Morgan fingerprint density at radius 2 is 1.29 bits per heavy atom. The smallest absolute Gasteiger partial charge is 0.459 e. The molecule has 0 unspecified atom stereocenters. The Labute approximate surface area is 349 Å². The van der Waals surface area contributed by atoms with Crippen LogP contribution in [-0.2, 0) is 35.4 Å². The van der Waals surface area contributed by atoms with Crippen LogP contribution in [0.4, 0.5) is 49.7 Å². The van der Waals surface area contributed by atoms with Gasteiger partial charge in [0.25, 0.3) is 0 Å². The predicted molar refractivity (Wildman–Crippen MR) is 193 cm³/mol. The Morgan fingerprint density at radius 3 is 1.76 bits per heavy atom. The number of aryl methyl sites for hydroxylation is 2. The number of carbonyl (C=O) groups excluding carboxylic acids is 4. The third-order valence-electron chi connectivity index (χ3n) is 7.70. The number of benzene rings is 2. The maximum absolute atomic E-state index is 13.8. The van der Waals surface area contributed by atoms with Crippen LogP contribution >= 0.6 is 23.2 Å². The number of methoxy groups -OCH3 is 2. The lowest BCUT2D eigenvalue weighted by Crippen LogP contribution is -2.35. The summed E-state index contributed by atoms with van der Waals surface area (Å²) in [6, 6.07) is 8.93. The minimum absolute atomic E-state index is 0.0115. The van der Waals surface area contributed by atoms with Crippen molar-refractivity contribution in [2.24, 2.45) is 19.2 Å². The molecular formula is C34H22Cl2F10N10O6. The number of halogens is 12. The summed E-state index contributed by atoms with van der Waals surface area (Å²) in [6.07, 6.45) is -5.99. The molecule has 16 nitrogen and oxygen atoms in total. The zero-order valence-corrected chi connectivity index (χ0v) is 32.7. The number of rotatable bonds is 9. The van der Waals surface area contributed by atoms with Gasteiger partial charge in [0.05, 0.1) is 52.7 Å². The minimum Gasteiger partial charge on any atom is -0.465 e. The minimum atomic E-state index is -5.96. The molecule has 0 atom stereocenters. The van der Waals surface area contributed by atoms with E-state index >= 15 is 0 Å². The lowest BCUT2D eigenvalue weighted by molar-refractivity contribution is -0.291. The Morgan fingerprint density at radius 1 is 0.806 bits per heavy atom. The third-order valence-corrected chi connectivity index (χ3v) is 8.36. The molecule has 0 N–H and O–H groups in total. The van der Waals surface area contributed by atoms with Crippen molar-refractivity contribution in [1.29, 1.82) is 0 Å². The van der Waals surface area contributed by atoms with E-state index in [-0.39, 0.29) is 28.9 Å². The molecule has 3 aromatic heterocycles. The summed E-state index contributed by atoms with van der Waals surface area (Å²) in [5.74, 6) is -10.7. The van der Waals surface area contributed by atoms with Gasteiger partial charge in [-0.25, -0.2) is 19.0 Å². The van der Waals surface area contributed by atoms with Gasteiger partial charge in [-0.1, -0.05) is 40.4 Å². The second-order valence-corrected chi connectivity index (χ2v) is 12.4. The second kappa shape index (κ2) is 19.2. The molecule has 0 saturated carbocycles. The standard InChI is InChI=1S/C17H11ClF5N5O3.C10H7ClO2.C7H4F5N5O/c1-27-14(10(7-29)13(25-27)16(19,20)17(21,22)23)28-6-12(24-26-28)8-3-4-11(18)9(5-8)15(30)31-2;1-3-7-4-5-9(11)8(6-7)10(12)13-2;1-17-5(14-16-13)3(2-18)4(15-17)6(8,9)7(10,11)12/h3-7H,1-2H3;1,4-6H,2H3;2H,1H3. The predicted octanol–water partition coefficient (Wildman–Crippen LogP) is 8.51. The van der Waals surface area contributed by atoms with Gasteiger partial charge in [0.15, 0.2) is 29.8 Å². The Kier molecular flexibility index (Phi) is 15.3. The van der Waals surface area contributed by atoms with Crippen molar-refractivity contribution in [3.05, 3.63) is 102 Å². The maximum Gasteiger partial charge on any atom is 0.459 e. The molecule has 5 aromatic rings. The molecule has 0 bridgehead atoms. The van der Waals surface area contributed by atoms with Crippen LogP contribution in [0.25, 0.3) is 27.5 Å². The van der Waals surface area contributed by atoms with Crippen LogP contribution in [-0.4, -0.2) is 85.6 Å². The molecule has 0 saturated heterocycles. The molecular weight excluding hydrogens is 905 g/mol. The first-order valence-corrected chi connectivity index (χ1v) is 16.7. The number of carbonyl (C=O) groups is 4. The first kappa shape index (κ1) is 49.4. The fourth-order valence-electron chi connectivity index (χ4n) is 4.78. The quantitative estimate of drug-likeness (QED) is 0.0262. The van der Waals surface area contributed by atoms with Gasteiger partial charge in [-0.2, -0.15) is 54.1 Å². The largest absolute Gasteiger partial charge is 0.465 e. The van der Waals surface area contributed by atoms with E-state index in [0.29, 0.717) is 31.1 Å². The number of aldehydes is 2. The van der Waals surface area contributed by atoms with E-state index in [0.717, 1.165) is 32.1 Å². The number of esters is 2. The zero-order chi connectivity index (χ0) is 47.1. The number of alkyl halides is 10. The fraction of sp³-hybridized carbons (Fsp3) is 0.235. The van der Waals surface area contributed by atoms with E-state index in [1.807, 2.05) is 0 Å². The van der Waals surface area contributed by atoms with E-state index in [9.17, 15) is 63.1 Å². The van der Waals surface area contributed by atoms with Crippen molar-refractivity contribution < 1.29 is 72.6 Å². The average molecular weight is 927 g/mol. The maximum atomic E-state index is 13.8. The van der Waals surface area contributed by atoms with Crippen molar-refractivity contribution in [3.8, 4) is 29.4 Å². The molecule has 0 aliphatic rings. The number of ether oxygens (including phenoxy) is 2. The van der Waals surface area contributed by atoms with Gasteiger partial charge in [-0.05, 0) is 41.0 Å². The molecule has 0 radical (unpaired) electrons. The highest BCUT2D eigenvalue weighted by Crippen LogP contribution is 2.46. The van der Waals surface area contributed by atoms with Crippen molar-refractivity contribution in [1.82, 2.24) is 34.6 Å². The Bertz CT molecular complexity index is 2610. The number of terminal acetylenes is 1. The molecule has 5 rings (SSSR count). The first-order valence-electron chi connectivity index (χ1n) is 15.9. The van der Waals surface area contributed by atoms with Crippen LogP contribution < -0.4 is 0 Å². The van der Waals surface area contributed by atoms with Crippen LogP contribution in [0.15, 0.2) is 47.7 Å².